The first kappa shape index (κ1) is 17.1. The Morgan fingerprint density at radius 1 is 1.08 bits per heavy atom. The van der Waals surface area contributed by atoms with Crippen LogP contribution in [0.4, 0.5) is 0 Å². The second kappa shape index (κ2) is 6.75. The minimum absolute atomic E-state index is 0.0674. The molecule has 5 heteroatoms. The summed E-state index contributed by atoms with van der Waals surface area (Å²) in [4.78, 5) is 12.8. The molecule has 0 saturated carbocycles. The maximum atomic E-state index is 12.8. The number of rotatable bonds is 2. The predicted molar refractivity (Wildman–Crippen MR) is 105 cm³/mol. The molecule has 0 radical (unpaired) electrons. The van der Waals surface area contributed by atoms with Crippen LogP contribution in [0.1, 0.15) is 33.6 Å². The van der Waals surface area contributed by atoms with E-state index in [0.29, 0.717) is 16.6 Å². The highest BCUT2D eigenvalue weighted by Crippen LogP contribution is 2.31. The van der Waals surface area contributed by atoms with Gasteiger partial charge in [0, 0.05) is 21.7 Å². The lowest BCUT2D eigenvalue weighted by Crippen LogP contribution is -2.13. The van der Waals surface area contributed by atoms with Crippen LogP contribution in [0.2, 0.25) is 10.2 Å². The Kier molecular flexibility index (Phi) is 4.43. The second-order valence-corrected chi connectivity index (χ2v) is 7.13. The first-order valence-corrected chi connectivity index (χ1v) is 9.14. The molecule has 2 aromatic carbocycles. The van der Waals surface area contributed by atoms with E-state index in [4.69, 9.17) is 23.2 Å². The Hall–Kier alpha value is -2.36. The molecule has 0 spiro atoms. The van der Waals surface area contributed by atoms with Crippen molar-refractivity contribution in [3.63, 3.8) is 0 Å². The van der Waals surface area contributed by atoms with Gasteiger partial charge in [0.2, 0.25) is 0 Å². The maximum absolute atomic E-state index is 12.8. The molecule has 0 N–H and O–H groups in total. The van der Waals surface area contributed by atoms with Gasteiger partial charge in [-0.25, -0.2) is 4.68 Å². The van der Waals surface area contributed by atoms with Gasteiger partial charge in [-0.2, -0.15) is 5.10 Å². The van der Waals surface area contributed by atoms with E-state index in [-0.39, 0.29) is 5.78 Å². The minimum atomic E-state index is 0.0674. The molecular formula is C21H16Cl2N2O. The van der Waals surface area contributed by atoms with Crippen molar-refractivity contribution in [1.29, 1.82) is 0 Å². The Bertz CT molecular complexity index is 1050. The number of carbonyl (C=O) groups excluding carboxylic acids is 1. The number of aromatic nitrogens is 2. The van der Waals surface area contributed by atoms with Gasteiger partial charge in [0.1, 0.15) is 5.15 Å². The molecule has 1 aliphatic rings. The molecular weight excluding hydrogens is 367 g/mol. The number of aryl methyl sites for hydroxylation is 2. The lowest BCUT2D eigenvalue weighted by Gasteiger charge is -2.17. The van der Waals surface area contributed by atoms with Gasteiger partial charge in [-0.05, 0) is 49.6 Å². The van der Waals surface area contributed by atoms with E-state index in [9.17, 15) is 4.79 Å². The summed E-state index contributed by atoms with van der Waals surface area (Å²) in [6, 6.07) is 15.1. The number of Topliss-reactive ketones (excluding diaryl/α,β-unsaturated/α-hetero) is 1. The zero-order chi connectivity index (χ0) is 18.3. The lowest BCUT2D eigenvalue weighted by molar-refractivity contribution is 0.102. The van der Waals surface area contributed by atoms with Gasteiger partial charge < -0.3 is 0 Å². The molecule has 0 unspecified atom stereocenters. The number of fused-ring (bicyclic) bond motifs is 1. The summed E-state index contributed by atoms with van der Waals surface area (Å²) < 4.78 is 1.65. The van der Waals surface area contributed by atoms with Crippen molar-refractivity contribution in [3.8, 4) is 5.69 Å². The number of ketones is 1. The zero-order valence-corrected chi connectivity index (χ0v) is 15.7. The highest BCUT2D eigenvalue weighted by Gasteiger charge is 2.23. The summed E-state index contributed by atoms with van der Waals surface area (Å²) in [5.41, 5.74) is 4.98. The molecule has 0 atom stereocenters. The zero-order valence-electron chi connectivity index (χ0n) is 14.2. The van der Waals surface area contributed by atoms with Crippen LogP contribution < -0.4 is 0 Å². The first-order chi connectivity index (χ1) is 12.5. The fourth-order valence-electron chi connectivity index (χ4n) is 3.28. The van der Waals surface area contributed by atoms with Gasteiger partial charge in [0.25, 0.3) is 0 Å². The summed E-state index contributed by atoms with van der Waals surface area (Å²) in [6.07, 6.45) is 3.44. The molecule has 130 valence electrons. The van der Waals surface area contributed by atoms with E-state index >= 15 is 0 Å². The maximum Gasteiger partial charge on any atom is 0.189 e. The van der Waals surface area contributed by atoms with Crippen LogP contribution in [0.3, 0.4) is 0 Å². The first-order valence-electron chi connectivity index (χ1n) is 8.39. The third kappa shape index (κ3) is 2.98. The van der Waals surface area contributed by atoms with Crippen LogP contribution in [0.25, 0.3) is 11.8 Å². The van der Waals surface area contributed by atoms with E-state index in [0.717, 1.165) is 40.1 Å². The number of hydrogen-bond donors (Lipinski definition) is 0. The van der Waals surface area contributed by atoms with Crippen molar-refractivity contribution in [3.05, 3.63) is 86.7 Å². The molecule has 4 rings (SSSR count). The van der Waals surface area contributed by atoms with E-state index < -0.39 is 0 Å². The largest absolute Gasteiger partial charge is 0.289 e. The average Bonchev–Trinajstić information content (AvgIpc) is 2.92. The number of nitrogens with zero attached hydrogens (tertiary/aromatic N) is 2. The molecule has 0 fully saturated rings. The van der Waals surface area contributed by atoms with Crippen molar-refractivity contribution in [1.82, 2.24) is 9.78 Å². The van der Waals surface area contributed by atoms with Crippen LogP contribution in [-0.4, -0.2) is 15.6 Å². The number of carbonyl (C=O) groups is 1. The standard InChI is InChI=1S/C21H16Cl2N2O/c1-13-19(21(23)25(24-13)17-7-4-6-16(22)12-17)11-15-10-9-14-5-2-3-8-18(14)20(15)26/h2-8,11-12H,9-10H2,1H3. The molecule has 1 aromatic heterocycles. The van der Waals surface area contributed by atoms with Gasteiger partial charge in [-0.15, -0.1) is 0 Å². The summed E-state index contributed by atoms with van der Waals surface area (Å²) in [7, 11) is 0. The van der Waals surface area contributed by atoms with E-state index in [1.807, 2.05) is 49.4 Å². The van der Waals surface area contributed by atoms with Crippen molar-refractivity contribution in [2.75, 3.05) is 0 Å². The lowest BCUT2D eigenvalue weighted by atomic mass is 9.86. The molecule has 26 heavy (non-hydrogen) atoms. The highest BCUT2D eigenvalue weighted by atomic mass is 35.5. The number of benzene rings is 2. The molecule has 0 saturated heterocycles. The molecule has 3 aromatic rings. The summed E-state index contributed by atoms with van der Waals surface area (Å²) >= 11 is 12.7. The fraction of sp³-hybridized carbons (Fsp3) is 0.143. The summed E-state index contributed by atoms with van der Waals surface area (Å²) in [5.74, 6) is 0.0674. The van der Waals surface area contributed by atoms with Crippen LogP contribution in [0, 0.1) is 6.92 Å². The van der Waals surface area contributed by atoms with Gasteiger partial charge in [0.15, 0.2) is 5.78 Å². The van der Waals surface area contributed by atoms with Gasteiger partial charge in [-0.3, -0.25) is 4.79 Å². The smallest absolute Gasteiger partial charge is 0.189 e. The van der Waals surface area contributed by atoms with E-state index in [1.54, 1.807) is 16.8 Å². The Labute approximate surface area is 161 Å². The Morgan fingerprint density at radius 2 is 1.88 bits per heavy atom. The normalized spacial score (nSPS) is 15.3. The van der Waals surface area contributed by atoms with Gasteiger partial charge >= 0.3 is 0 Å². The Balaban J connectivity index is 1.76. The third-order valence-corrected chi connectivity index (χ3v) is 5.24. The Morgan fingerprint density at radius 3 is 2.69 bits per heavy atom. The predicted octanol–water partition coefficient (Wildman–Crippen LogP) is 5.70. The van der Waals surface area contributed by atoms with Crippen molar-refractivity contribution >= 4 is 35.1 Å². The van der Waals surface area contributed by atoms with E-state index in [2.05, 4.69) is 5.10 Å². The monoisotopic (exact) mass is 382 g/mol. The average molecular weight is 383 g/mol. The van der Waals surface area contributed by atoms with Crippen LogP contribution >= 0.6 is 23.2 Å². The van der Waals surface area contributed by atoms with E-state index in [1.165, 1.54) is 0 Å². The quantitative estimate of drug-likeness (QED) is 0.532. The number of hydrogen-bond acceptors (Lipinski definition) is 2. The van der Waals surface area contributed by atoms with Gasteiger partial charge in [-0.1, -0.05) is 53.5 Å². The molecule has 3 nitrogen and oxygen atoms in total. The third-order valence-electron chi connectivity index (χ3n) is 4.64. The summed E-state index contributed by atoms with van der Waals surface area (Å²) in [5, 5.41) is 5.62. The summed E-state index contributed by atoms with van der Waals surface area (Å²) in [6.45, 7) is 1.89. The number of halogens is 2. The topological polar surface area (TPSA) is 34.9 Å². The van der Waals surface area contributed by atoms with Crippen molar-refractivity contribution in [2.45, 2.75) is 19.8 Å². The van der Waals surface area contributed by atoms with Crippen molar-refractivity contribution < 1.29 is 4.79 Å². The molecule has 0 amide bonds. The van der Waals surface area contributed by atoms with Crippen molar-refractivity contribution in [2.24, 2.45) is 0 Å². The molecule has 0 aliphatic heterocycles. The molecule has 1 heterocycles. The van der Waals surface area contributed by atoms with Crippen LogP contribution in [0.5, 0.6) is 0 Å². The second-order valence-electron chi connectivity index (χ2n) is 6.34. The fourth-order valence-corrected chi connectivity index (χ4v) is 3.79. The van der Waals surface area contributed by atoms with Crippen LogP contribution in [0.15, 0.2) is 54.1 Å². The SMILES string of the molecule is Cc1nn(-c2cccc(Cl)c2)c(Cl)c1C=C1CCc2ccccc2C1=O. The number of allylic oxidation sites excluding steroid dienone is 1. The highest BCUT2D eigenvalue weighted by molar-refractivity contribution is 6.32. The molecule has 0 bridgehead atoms. The van der Waals surface area contributed by atoms with Crippen LogP contribution in [-0.2, 0) is 6.42 Å². The molecule has 1 aliphatic carbocycles. The minimum Gasteiger partial charge on any atom is -0.289 e. The van der Waals surface area contributed by atoms with Gasteiger partial charge in [0.05, 0.1) is 11.4 Å².